The predicted molar refractivity (Wildman–Crippen MR) is 180 cm³/mol. The third kappa shape index (κ3) is 6.09. The number of aromatic nitrogens is 3. The van der Waals surface area contributed by atoms with Crippen molar-refractivity contribution in [2.24, 2.45) is 7.05 Å². The number of thiazole rings is 1. The lowest BCUT2D eigenvalue weighted by Gasteiger charge is -2.30. The lowest BCUT2D eigenvalue weighted by molar-refractivity contribution is -0.166. The Morgan fingerprint density at radius 1 is 1.16 bits per heavy atom. The minimum Gasteiger partial charge on any atom is -0.464 e. The average molecular weight is 645 g/mol. The van der Waals surface area contributed by atoms with Crippen LogP contribution in [0.25, 0.3) is 32.2 Å². The minimum absolute atomic E-state index is 0.0361. The fourth-order valence-electron chi connectivity index (χ4n) is 6.13. The maximum atomic E-state index is 14.1. The number of fused-ring (bicyclic) bond motifs is 2. The summed E-state index contributed by atoms with van der Waals surface area (Å²) in [5.74, 6) is -0.680. The maximum Gasteiger partial charge on any atom is 0.339 e. The highest BCUT2D eigenvalue weighted by atomic mass is 35.5. The van der Waals surface area contributed by atoms with Gasteiger partial charge in [0.05, 0.1) is 40.1 Å². The van der Waals surface area contributed by atoms with E-state index in [1.54, 1.807) is 6.92 Å². The zero-order valence-corrected chi connectivity index (χ0v) is 28.0. The molecule has 0 aliphatic carbocycles. The van der Waals surface area contributed by atoms with Crippen molar-refractivity contribution in [3.63, 3.8) is 0 Å². The Balaban J connectivity index is 1.48. The summed E-state index contributed by atoms with van der Waals surface area (Å²) < 4.78 is 14.6. The van der Waals surface area contributed by atoms with E-state index in [0.717, 1.165) is 61.8 Å². The number of halogens is 1. The van der Waals surface area contributed by atoms with Gasteiger partial charge in [0, 0.05) is 35.1 Å². The third-order valence-electron chi connectivity index (χ3n) is 8.13. The number of rotatable bonds is 7. The molecular weight excluding hydrogens is 608 g/mol. The zero-order valence-electron chi connectivity index (χ0n) is 26.4. The largest absolute Gasteiger partial charge is 0.464 e. The highest BCUT2D eigenvalue weighted by Crippen LogP contribution is 2.45. The lowest BCUT2D eigenvalue weighted by Crippen LogP contribution is -2.40. The van der Waals surface area contributed by atoms with E-state index in [-0.39, 0.29) is 18.4 Å². The van der Waals surface area contributed by atoms with Gasteiger partial charge >= 0.3 is 5.97 Å². The van der Waals surface area contributed by atoms with Crippen LogP contribution in [0.4, 0.5) is 5.13 Å². The summed E-state index contributed by atoms with van der Waals surface area (Å²) in [5.41, 5.74) is 5.42. The van der Waals surface area contributed by atoms with Crippen LogP contribution in [0.5, 0.6) is 0 Å². The van der Waals surface area contributed by atoms with Gasteiger partial charge in [-0.2, -0.15) is 5.10 Å². The van der Waals surface area contributed by atoms with Gasteiger partial charge in [0.2, 0.25) is 5.91 Å². The maximum absolute atomic E-state index is 14.1. The number of amides is 1. The first-order valence-corrected chi connectivity index (χ1v) is 16.4. The Bertz CT molecular complexity index is 1910. The smallest absolute Gasteiger partial charge is 0.339 e. The van der Waals surface area contributed by atoms with Crippen molar-refractivity contribution in [3.8, 4) is 11.1 Å². The van der Waals surface area contributed by atoms with E-state index in [1.165, 1.54) is 11.3 Å². The molecule has 1 amide bonds. The molecule has 1 saturated heterocycles. The Labute approximate surface area is 271 Å². The number of nitrogens with zero attached hydrogens (tertiary/aromatic N) is 4. The van der Waals surface area contributed by atoms with E-state index >= 15 is 0 Å². The summed E-state index contributed by atoms with van der Waals surface area (Å²) in [5, 5.41) is 6.62. The molecule has 3 aromatic carbocycles. The third-order valence-corrected chi connectivity index (χ3v) is 9.49. The number of aryl methyl sites for hydroxylation is 2. The SMILES string of the molecule is CCOC(=O)[C@@H](OC(C)(C)C)c1c(C)cc2nc(N3CCCC(c4ccc5c(cnn5C)c4)C3=O)sc2c1-c1ccc(Cl)cc1. The van der Waals surface area contributed by atoms with Gasteiger partial charge in [-0.15, -0.1) is 0 Å². The van der Waals surface area contributed by atoms with Crippen molar-refractivity contribution >= 4 is 61.1 Å². The van der Waals surface area contributed by atoms with Crippen molar-refractivity contribution in [1.82, 2.24) is 14.8 Å². The quantitative estimate of drug-likeness (QED) is 0.166. The second-order valence-corrected chi connectivity index (χ2v) is 13.9. The van der Waals surface area contributed by atoms with E-state index in [1.807, 2.05) is 93.0 Å². The Hall–Kier alpha value is -3.79. The number of hydrogen-bond donors (Lipinski definition) is 0. The second kappa shape index (κ2) is 12.2. The van der Waals surface area contributed by atoms with Crippen LogP contribution in [0, 0.1) is 6.92 Å². The highest BCUT2D eigenvalue weighted by Gasteiger charge is 2.36. The van der Waals surface area contributed by atoms with Crippen molar-refractivity contribution in [3.05, 3.63) is 76.4 Å². The van der Waals surface area contributed by atoms with Crippen LogP contribution in [0.2, 0.25) is 5.02 Å². The van der Waals surface area contributed by atoms with Crippen LogP contribution < -0.4 is 4.90 Å². The summed E-state index contributed by atoms with van der Waals surface area (Å²) in [6, 6.07) is 15.7. The molecule has 2 aromatic heterocycles. The number of esters is 1. The average Bonchev–Trinajstić information content (AvgIpc) is 3.58. The van der Waals surface area contributed by atoms with Gasteiger partial charge in [0.1, 0.15) is 0 Å². The second-order valence-electron chi connectivity index (χ2n) is 12.5. The molecule has 2 atom stereocenters. The Morgan fingerprint density at radius 2 is 1.91 bits per heavy atom. The summed E-state index contributed by atoms with van der Waals surface area (Å²) >= 11 is 7.75. The number of anilines is 1. The molecule has 1 unspecified atom stereocenters. The molecule has 0 spiro atoms. The normalized spacial score (nSPS) is 16.5. The highest BCUT2D eigenvalue weighted by molar-refractivity contribution is 7.23. The summed E-state index contributed by atoms with van der Waals surface area (Å²) in [6.07, 6.45) is 2.50. The molecule has 5 aromatic rings. The molecule has 0 N–H and O–H groups in total. The molecule has 234 valence electrons. The van der Waals surface area contributed by atoms with E-state index < -0.39 is 17.7 Å². The molecule has 3 heterocycles. The summed E-state index contributed by atoms with van der Waals surface area (Å²) in [4.78, 5) is 34.4. The van der Waals surface area contributed by atoms with Crippen molar-refractivity contribution in [2.45, 2.75) is 65.1 Å². The predicted octanol–water partition coefficient (Wildman–Crippen LogP) is 8.14. The summed E-state index contributed by atoms with van der Waals surface area (Å²) in [6.45, 7) is 10.3. The number of carbonyl (C=O) groups is 2. The molecule has 0 bridgehead atoms. The van der Waals surface area contributed by atoms with Crippen LogP contribution in [0.1, 0.15) is 69.2 Å². The van der Waals surface area contributed by atoms with Crippen LogP contribution >= 0.6 is 22.9 Å². The van der Waals surface area contributed by atoms with E-state index in [0.29, 0.717) is 16.7 Å². The van der Waals surface area contributed by atoms with Gasteiger partial charge < -0.3 is 9.47 Å². The van der Waals surface area contributed by atoms with Crippen LogP contribution in [0.15, 0.2) is 54.7 Å². The van der Waals surface area contributed by atoms with Crippen LogP contribution in [0.3, 0.4) is 0 Å². The number of benzene rings is 3. The Kier molecular flexibility index (Phi) is 8.45. The topological polar surface area (TPSA) is 86.6 Å². The molecule has 1 aliphatic heterocycles. The van der Waals surface area contributed by atoms with E-state index in [4.69, 9.17) is 26.1 Å². The molecule has 8 nitrogen and oxygen atoms in total. The van der Waals surface area contributed by atoms with E-state index in [9.17, 15) is 9.59 Å². The van der Waals surface area contributed by atoms with Crippen LogP contribution in [-0.2, 0) is 26.1 Å². The lowest BCUT2D eigenvalue weighted by atomic mass is 9.89. The number of ether oxygens (including phenoxy) is 2. The van der Waals surface area contributed by atoms with Gasteiger partial charge in [0.25, 0.3) is 0 Å². The minimum atomic E-state index is -0.964. The number of carbonyl (C=O) groups excluding carboxylic acids is 2. The standard InChI is InChI=1S/C35H37ClN4O4S/c1-7-43-33(42)30(44-35(3,4)5)28-20(2)17-26-31(29(28)21-10-13-24(36)14-11-21)45-34(38-26)40-16-8-9-25(32(40)41)22-12-15-27-23(18-22)19-37-39(27)6/h10-15,17-19,25,30H,7-9,16H2,1-6H3/t25?,30-/m0/s1. The molecule has 0 saturated carbocycles. The molecule has 10 heteroatoms. The zero-order chi connectivity index (χ0) is 32.0. The molecule has 1 aliphatic rings. The number of piperidine rings is 1. The molecule has 6 rings (SSSR count). The molecule has 1 fully saturated rings. The van der Waals surface area contributed by atoms with Crippen molar-refractivity contribution < 1.29 is 19.1 Å². The molecule has 45 heavy (non-hydrogen) atoms. The fourth-order valence-corrected chi connectivity index (χ4v) is 7.41. The Morgan fingerprint density at radius 3 is 2.62 bits per heavy atom. The van der Waals surface area contributed by atoms with Gasteiger partial charge in [0.15, 0.2) is 11.2 Å². The first-order valence-electron chi connectivity index (χ1n) is 15.2. The van der Waals surface area contributed by atoms with Gasteiger partial charge in [-0.05, 0) is 94.5 Å². The molecular formula is C35H37ClN4O4S. The summed E-state index contributed by atoms with van der Waals surface area (Å²) in [7, 11) is 1.91. The first-order chi connectivity index (χ1) is 21.4. The van der Waals surface area contributed by atoms with Crippen molar-refractivity contribution in [2.75, 3.05) is 18.1 Å². The first kappa shape index (κ1) is 31.2. The van der Waals surface area contributed by atoms with Crippen molar-refractivity contribution in [1.29, 1.82) is 0 Å². The molecule has 0 radical (unpaired) electrons. The van der Waals surface area contributed by atoms with Gasteiger partial charge in [-0.25, -0.2) is 9.78 Å². The van der Waals surface area contributed by atoms with Gasteiger partial charge in [-0.1, -0.05) is 41.1 Å². The van der Waals surface area contributed by atoms with Crippen LogP contribution in [-0.4, -0.2) is 45.4 Å². The van der Waals surface area contributed by atoms with E-state index in [2.05, 4.69) is 11.2 Å². The number of hydrogen-bond acceptors (Lipinski definition) is 7. The van der Waals surface area contributed by atoms with Gasteiger partial charge in [-0.3, -0.25) is 14.4 Å². The monoisotopic (exact) mass is 644 g/mol. The fraction of sp³-hybridized carbons (Fsp3) is 0.371.